The molecule has 0 aliphatic carbocycles. The van der Waals surface area contributed by atoms with Gasteiger partial charge in [-0.15, -0.1) is 0 Å². The molecule has 2 rings (SSSR count). The molecule has 1 unspecified atom stereocenters. The molecular formula is C14H15IN2O4S. The van der Waals surface area contributed by atoms with Crippen molar-refractivity contribution in [3.05, 3.63) is 36.4 Å². The third-order valence-corrected chi connectivity index (χ3v) is 5.33. The summed E-state index contributed by atoms with van der Waals surface area (Å²) in [5.41, 5.74) is 5.94. The average molecular weight is 434 g/mol. The van der Waals surface area contributed by atoms with Gasteiger partial charge < -0.3 is 11.1 Å². The standard InChI is InChI=1S/C14H15IN2O4S/c15-11(14(16)18)7-8-17-12-5-1-4-10-9(12)3-2-6-13(10)22(19,20)21/h1-6,11,17H,7-8H2,(H2,16,18)(H,19,20,21). The molecule has 0 fully saturated rings. The van der Waals surface area contributed by atoms with Crippen LogP contribution in [0.3, 0.4) is 0 Å². The number of benzene rings is 2. The van der Waals surface area contributed by atoms with E-state index in [0.29, 0.717) is 23.7 Å². The van der Waals surface area contributed by atoms with Gasteiger partial charge in [0.05, 0.1) is 3.92 Å². The van der Waals surface area contributed by atoms with Crippen LogP contribution in [0.2, 0.25) is 0 Å². The maximum atomic E-state index is 11.4. The van der Waals surface area contributed by atoms with Crippen LogP contribution >= 0.6 is 22.6 Å². The van der Waals surface area contributed by atoms with Crippen LogP contribution in [0.1, 0.15) is 6.42 Å². The Hall–Kier alpha value is -1.39. The van der Waals surface area contributed by atoms with E-state index < -0.39 is 10.1 Å². The molecule has 0 spiro atoms. The van der Waals surface area contributed by atoms with E-state index in [-0.39, 0.29) is 14.7 Å². The molecular weight excluding hydrogens is 419 g/mol. The largest absolute Gasteiger partial charge is 0.384 e. The number of primary amides is 1. The summed E-state index contributed by atoms with van der Waals surface area (Å²) < 4.78 is 31.9. The number of halogens is 1. The first-order chi connectivity index (χ1) is 10.3. The van der Waals surface area contributed by atoms with Gasteiger partial charge in [0.1, 0.15) is 4.90 Å². The molecule has 0 aliphatic rings. The van der Waals surface area contributed by atoms with Gasteiger partial charge in [-0.2, -0.15) is 8.42 Å². The predicted molar refractivity (Wildman–Crippen MR) is 93.9 cm³/mol. The lowest BCUT2D eigenvalue weighted by molar-refractivity contribution is -0.117. The van der Waals surface area contributed by atoms with Gasteiger partial charge in [0, 0.05) is 23.0 Å². The molecule has 8 heteroatoms. The highest BCUT2D eigenvalue weighted by molar-refractivity contribution is 14.1. The SMILES string of the molecule is NC(=O)C(I)CCNc1cccc2c(S(=O)(=O)O)cccc12. The Kier molecular flexibility index (Phi) is 5.24. The number of nitrogens with one attached hydrogen (secondary N) is 1. The highest BCUT2D eigenvalue weighted by Crippen LogP contribution is 2.28. The third-order valence-electron chi connectivity index (χ3n) is 3.18. The van der Waals surface area contributed by atoms with Gasteiger partial charge in [0.25, 0.3) is 10.1 Å². The number of anilines is 1. The van der Waals surface area contributed by atoms with Gasteiger partial charge in [0.15, 0.2) is 0 Å². The number of carbonyl (C=O) groups excluding carboxylic acids is 1. The molecule has 0 heterocycles. The molecule has 0 saturated carbocycles. The summed E-state index contributed by atoms with van der Waals surface area (Å²) in [6.45, 7) is 0.520. The maximum Gasteiger partial charge on any atom is 0.295 e. The Balaban J connectivity index is 2.31. The van der Waals surface area contributed by atoms with Crippen LogP contribution < -0.4 is 11.1 Å². The van der Waals surface area contributed by atoms with E-state index in [1.54, 1.807) is 24.3 Å². The van der Waals surface area contributed by atoms with Crippen molar-refractivity contribution < 1.29 is 17.8 Å². The number of amides is 1. The van der Waals surface area contributed by atoms with Crippen molar-refractivity contribution in [1.29, 1.82) is 0 Å². The first-order valence-corrected chi connectivity index (χ1v) is 9.16. The lowest BCUT2D eigenvalue weighted by atomic mass is 10.1. The molecule has 0 saturated heterocycles. The van der Waals surface area contributed by atoms with Crippen molar-refractivity contribution >= 4 is 55.1 Å². The Morgan fingerprint density at radius 3 is 2.50 bits per heavy atom. The van der Waals surface area contributed by atoms with Gasteiger partial charge in [-0.3, -0.25) is 9.35 Å². The van der Waals surface area contributed by atoms with Crippen LogP contribution in [-0.4, -0.2) is 29.3 Å². The highest BCUT2D eigenvalue weighted by Gasteiger charge is 2.15. The van der Waals surface area contributed by atoms with Crippen molar-refractivity contribution in [2.75, 3.05) is 11.9 Å². The Morgan fingerprint density at radius 1 is 1.23 bits per heavy atom. The topological polar surface area (TPSA) is 109 Å². The summed E-state index contributed by atoms with van der Waals surface area (Å²) in [4.78, 5) is 10.9. The van der Waals surface area contributed by atoms with Crippen molar-refractivity contribution in [2.45, 2.75) is 15.2 Å². The zero-order valence-corrected chi connectivity index (χ0v) is 14.5. The number of nitrogens with two attached hydrogens (primary N) is 1. The quantitative estimate of drug-likeness (QED) is 0.367. The number of hydrogen-bond donors (Lipinski definition) is 3. The fourth-order valence-electron chi connectivity index (χ4n) is 2.14. The van der Waals surface area contributed by atoms with E-state index >= 15 is 0 Å². The molecule has 2 aromatic carbocycles. The van der Waals surface area contributed by atoms with E-state index in [1.807, 2.05) is 28.7 Å². The summed E-state index contributed by atoms with van der Waals surface area (Å²) in [7, 11) is -4.28. The normalized spacial score (nSPS) is 13.0. The van der Waals surface area contributed by atoms with Gasteiger partial charge >= 0.3 is 0 Å². The molecule has 118 valence electrons. The number of fused-ring (bicyclic) bond motifs is 1. The van der Waals surface area contributed by atoms with Gasteiger partial charge in [0.2, 0.25) is 5.91 Å². The van der Waals surface area contributed by atoms with Crippen molar-refractivity contribution in [3.8, 4) is 0 Å². The lowest BCUT2D eigenvalue weighted by Crippen LogP contribution is -2.25. The van der Waals surface area contributed by atoms with Gasteiger partial charge in [-0.25, -0.2) is 0 Å². The second kappa shape index (κ2) is 6.80. The molecule has 0 bridgehead atoms. The highest BCUT2D eigenvalue weighted by atomic mass is 127. The smallest absolute Gasteiger partial charge is 0.295 e. The molecule has 1 atom stereocenters. The van der Waals surface area contributed by atoms with Crippen molar-refractivity contribution in [3.63, 3.8) is 0 Å². The minimum absolute atomic E-state index is 0.127. The van der Waals surface area contributed by atoms with Crippen LogP contribution in [0.4, 0.5) is 5.69 Å². The van der Waals surface area contributed by atoms with Crippen LogP contribution in [0.5, 0.6) is 0 Å². The predicted octanol–water partition coefficient (Wildman–Crippen LogP) is 2.18. The van der Waals surface area contributed by atoms with E-state index in [4.69, 9.17) is 5.73 Å². The monoisotopic (exact) mass is 434 g/mol. The molecule has 4 N–H and O–H groups in total. The van der Waals surface area contributed by atoms with Gasteiger partial charge in [-0.1, -0.05) is 46.9 Å². The van der Waals surface area contributed by atoms with E-state index in [2.05, 4.69) is 5.32 Å². The Labute approximate surface area is 142 Å². The fraction of sp³-hybridized carbons (Fsp3) is 0.214. The molecule has 0 radical (unpaired) electrons. The second-order valence-corrected chi connectivity index (χ2v) is 7.61. The summed E-state index contributed by atoms with van der Waals surface area (Å²) in [5, 5.41) is 4.29. The molecule has 0 aromatic heterocycles. The zero-order valence-electron chi connectivity index (χ0n) is 11.5. The van der Waals surface area contributed by atoms with Crippen molar-refractivity contribution in [1.82, 2.24) is 0 Å². The van der Waals surface area contributed by atoms with E-state index in [0.717, 1.165) is 5.69 Å². The number of carbonyl (C=O) groups is 1. The third kappa shape index (κ3) is 3.87. The second-order valence-electron chi connectivity index (χ2n) is 4.72. The number of rotatable bonds is 6. The Morgan fingerprint density at radius 2 is 1.86 bits per heavy atom. The number of alkyl halides is 1. The summed E-state index contributed by atoms with van der Waals surface area (Å²) in [5.74, 6) is -0.367. The van der Waals surface area contributed by atoms with Crippen LogP contribution in [-0.2, 0) is 14.9 Å². The van der Waals surface area contributed by atoms with Crippen LogP contribution in [0, 0.1) is 0 Å². The molecule has 6 nitrogen and oxygen atoms in total. The number of hydrogen-bond acceptors (Lipinski definition) is 4. The van der Waals surface area contributed by atoms with E-state index in [9.17, 15) is 17.8 Å². The average Bonchev–Trinajstić information content (AvgIpc) is 2.45. The molecule has 1 amide bonds. The van der Waals surface area contributed by atoms with E-state index in [1.165, 1.54) is 6.07 Å². The lowest BCUT2D eigenvalue weighted by Gasteiger charge is -2.12. The van der Waals surface area contributed by atoms with Crippen LogP contribution in [0.25, 0.3) is 10.8 Å². The molecule has 22 heavy (non-hydrogen) atoms. The maximum absolute atomic E-state index is 11.4. The molecule has 2 aromatic rings. The van der Waals surface area contributed by atoms with Crippen molar-refractivity contribution in [2.24, 2.45) is 5.73 Å². The fourth-order valence-corrected chi connectivity index (χ4v) is 3.15. The zero-order chi connectivity index (χ0) is 16.3. The minimum Gasteiger partial charge on any atom is -0.384 e. The van der Waals surface area contributed by atoms with Gasteiger partial charge in [-0.05, 0) is 18.6 Å². The summed E-state index contributed by atoms with van der Waals surface area (Å²) >= 11 is 1.98. The van der Waals surface area contributed by atoms with Crippen LogP contribution in [0.15, 0.2) is 41.3 Å². The first-order valence-electron chi connectivity index (χ1n) is 6.47. The Bertz CT molecular complexity index is 808. The summed E-state index contributed by atoms with van der Waals surface area (Å²) in [6, 6.07) is 9.84. The minimum atomic E-state index is -4.28. The molecule has 0 aliphatic heterocycles. The first kappa shape index (κ1) is 17.0. The summed E-state index contributed by atoms with van der Waals surface area (Å²) in [6.07, 6.45) is 0.560.